The van der Waals surface area contributed by atoms with E-state index in [1.807, 2.05) is 0 Å². The number of hydrogen-bond donors (Lipinski definition) is 0. The van der Waals surface area contributed by atoms with E-state index in [4.69, 9.17) is 4.74 Å². The minimum atomic E-state index is -0.488. The molecule has 0 spiro atoms. The monoisotopic (exact) mass is 249 g/mol. The minimum absolute atomic E-state index is 0.0327. The highest BCUT2D eigenvalue weighted by Crippen LogP contribution is 2.30. The summed E-state index contributed by atoms with van der Waals surface area (Å²) < 4.78 is 5.41. The van der Waals surface area contributed by atoms with Crippen LogP contribution in [-0.4, -0.2) is 11.2 Å². The van der Waals surface area contributed by atoms with Crippen LogP contribution in [0.25, 0.3) is 0 Å². The number of hydrogen-bond acceptors (Lipinski definition) is 5. The van der Waals surface area contributed by atoms with Crippen molar-refractivity contribution in [1.82, 2.24) is 0 Å². The molecule has 0 N–H and O–H groups in total. The molecule has 0 fully saturated rings. The quantitative estimate of drug-likeness (QED) is 0.473. The Hall–Kier alpha value is -2.21. The highest BCUT2D eigenvalue weighted by Gasteiger charge is 2.08. The van der Waals surface area contributed by atoms with Gasteiger partial charge in [0.25, 0.3) is 5.69 Å². The van der Waals surface area contributed by atoms with Gasteiger partial charge in [-0.3, -0.25) is 14.9 Å². The predicted octanol–water partition coefficient (Wildman–Crippen LogP) is 3.26. The van der Waals surface area contributed by atoms with Gasteiger partial charge in [-0.05, 0) is 18.2 Å². The van der Waals surface area contributed by atoms with Crippen molar-refractivity contribution in [3.63, 3.8) is 0 Å². The Kier molecular flexibility index (Phi) is 3.15. The van der Waals surface area contributed by atoms with Gasteiger partial charge in [0.15, 0.2) is 11.3 Å². The van der Waals surface area contributed by atoms with Crippen LogP contribution >= 0.6 is 11.3 Å². The lowest BCUT2D eigenvalue weighted by atomic mass is 10.3. The maximum absolute atomic E-state index is 10.6. The smallest absolute Gasteiger partial charge is 0.273 e. The molecule has 0 saturated carbocycles. The molecule has 0 aliphatic heterocycles. The number of rotatable bonds is 4. The minimum Gasteiger partial charge on any atom is -0.446 e. The lowest BCUT2D eigenvalue weighted by Crippen LogP contribution is -1.88. The number of thiophene rings is 1. The zero-order valence-electron chi connectivity index (χ0n) is 8.53. The molecule has 0 aliphatic rings. The number of nitrogens with zero attached hydrogens (tertiary/aromatic N) is 1. The third kappa shape index (κ3) is 2.67. The molecule has 2 rings (SSSR count). The van der Waals surface area contributed by atoms with Crippen LogP contribution in [0.3, 0.4) is 0 Å². The summed E-state index contributed by atoms with van der Waals surface area (Å²) in [4.78, 5) is 21.1. The predicted molar refractivity (Wildman–Crippen MR) is 62.9 cm³/mol. The molecule has 0 atom stereocenters. The van der Waals surface area contributed by atoms with E-state index >= 15 is 0 Å². The first-order valence-corrected chi connectivity index (χ1v) is 5.48. The van der Waals surface area contributed by atoms with Crippen molar-refractivity contribution in [3.8, 4) is 10.8 Å². The van der Waals surface area contributed by atoms with E-state index in [0.717, 1.165) is 6.29 Å². The second-order valence-electron chi connectivity index (χ2n) is 3.13. The fourth-order valence-corrected chi connectivity index (χ4v) is 1.92. The number of ether oxygens (including phenoxy) is 1. The first-order chi connectivity index (χ1) is 8.19. The van der Waals surface area contributed by atoms with Crippen LogP contribution in [0.5, 0.6) is 10.8 Å². The maximum Gasteiger partial charge on any atom is 0.273 e. The normalized spacial score (nSPS) is 9.88. The summed E-state index contributed by atoms with van der Waals surface area (Å²) in [7, 11) is 0. The van der Waals surface area contributed by atoms with E-state index in [1.165, 1.54) is 23.5 Å². The van der Waals surface area contributed by atoms with Gasteiger partial charge >= 0.3 is 0 Å². The fourth-order valence-electron chi connectivity index (χ4n) is 1.23. The molecule has 0 bridgehead atoms. The van der Waals surface area contributed by atoms with Gasteiger partial charge in [-0.1, -0.05) is 17.4 Å². The molecule has 0 amide bonds. The molecular formula is C11H7NO4S. The highest BCUT2D eigenvalue weighted by molar-refractivity contribution is 7.15. The number of nitro groups is 1. The summed E-state index contributed by atoms with van der Waals surface area (Å²) in [6.45, 7) is 0. The SMILES string of the molecule is O=Cc1ccc(Oc2cccc([N+](=O)[O-])c2)s1. The highest BCUT2D eigenvalue weighted by atomic mass is 32.1. The lowest BCUT2D eigenvalue weighted by molar-refractivity contribution is -0.384. The third-order valence-electron chi connectivity index (χ3n) is 1.97. The Bertz CT molecular complexity index is 564. The summed E-state index contributed by atoms with van der Waals surface area (Å²) in [5, 5.41) is 11.1. The van der Waals surface area contributed by atoms with Crippen LogP contribution in [0, 0.1) is 10.1 Å². The van der Waals surface area contributed by atoms with Gasteiger partial charge < -0.3 is 4.74 Å². The number of carbonyl (C=O) groups excluding carboxylic acids is 1. The first-order valence-electron chi connectivity index (χ1n) is 4.66. The van der Waals surface area contributed by atoms with E-state index in [-0.39, 0.29) is 5.69 Å². The van der Waals surface area contributed by atoms with Crippen LogP contribution in [0.1, 0.15) is 9.67 Å². The van der Waals surface area contributed by atoms with Gasteiger partial charge in [-0.2, -0.15) is 0 Å². The molecule has 2 aromatic rings. The summed E-state index contributed by atoms with van der Waals surface area (Å²) in [5.74, 6) is 0.374. The van der Waals surface area contributed by atoms with Crippen molar-refractivity contribution in [3.05, 3.63) is 51.4 Å². The Morgan fingerprint density at radius 1 is 1.29 bits per heavy atom. The molecule has 0 aliphatic carbocycles. The molecule has 5 nitrogen and oxygen atoms in total. The van der Waals surface area contributed by atoms with Crippen molar-refractivity contribution < 1.29 is 14.5 Å². The van der Waals surface area contributed by atoms with E-state index < -0.39 is 4.92 Å². The average molecular weight is 249 g/mol. The largest absolute Gasteiger partial charge is 0.446 e. The van der Waals surface area contributed by atoms with Crippen LogP contribution in [0.2, 0.25) is 0 Å². The first kappa shape index (κ1) is 11.3. The third-order valence-corrected chi connectivity index (χ3v) is 2.85. The van der Waals surface area contributed by atoms with Crippen molar-refractivity contribution in [2.24, 2.45) is 0 Å². The summed E-state index contributed by atoms with van der Waals surface area (Å²) >= 11 is 1.18. The van der Waals surface area contributed by atoms with Gasteiger partial charge in [-0.25, -0.2) is 0 Å². The Labute approximate surface area is 100 Å². The fraction of sp³-hybridized carbons (Fsp3) is 0. The molecule has 6 heteroatoms. The van der Waals surface area contributed by atoms with Gasteiger partial charge in [0.2, 0.25) is 0 Å². The van der Waals surface area contributed by atoms with Crippen molar-refractivity contribution in [1.29, 1.82) is 0 Å². The number of benzene rings is 1. The molecular weight excluding hydrogens is 242 g/mol. The molecule has 0 saturated heterocycles. The molecule has 1 aromatic carbocycles. The van der Waals surface area contributed by atoms with Gasteiger partial charge in [0.05, 0.1) is 15.9 Å². The molecule has 0 unspecified atom stereocenters. The van der Waals surface area contributed by atoms with E-state index in [1.54, 1.807) is 24.3 Å². The molecule has 1 heterocycles. The van der Waals surface area contributed by atoms with Crippen molar-refractivity contribution >= 4 is 23.3 Å². The van der Waals surface area contributed by atoms with Gasteiger partial charge in [0.1, 0.15) is 5.75 Å². The summed E-state index contributed by atoms with van der Waals surface area (Å²) in [5.41, 5.74) is -0.0327. The second kappa shape index (κ2) is 4.75. The summed E-state index contributed by atoms with van der Waals surface area (Å²) in [6, 6.07) is 9.16. The van der Waals surface area contributed by atoms with Crippen molar-refractivity contribution in [2.75, 3.05) is 0 Å². The summed E-state index contributed by atoms with van der Waals surface area (Å²) in [6.07, 6.45) is 0.727. The average Bonchev–Trinajstić information content (AvgIpc) is 2.77. The van der Waals surface area contributed by atoms with Crippen LogP contribution in [0.15, 0.2) is 36.4 Å². The van der Waals surface area contributed by atoms with Crippen LogP contribution in [-0.2, 0) is 0 Å². The lowest BCUT2D eigenvalue weighted by Gasteiger charge is -2.01. The molecule has 1 aromatic heterocycles. The Morgan fingerprint density at radius 2 is 2.12 bits per heavy atom. The van der Waals surface area contributed by atoms with E-state index in [0.29, 0.717) is 15.7 Å². The Balaban J connectivity index is 2.20. The van der Waals surface area contributed by atoms with Crippen LogP contribution < -0.4 is 4.74 Å². The standard InChI is InChI=1S/C11H7NO4S/c13-7-10-4-5-11(17-10)16-9-3-1-2-8(6-9)12(14)15/h1-7H. The van der Waals surface area contributed by atoms with E-state index in [9.17, 15) is 14.9 Å². The molecule has 17 heavy (non-hydrogen) atoms. The topological polar surface area (TPSA) is 69.4 Å². The zero-order valence-corrected chi connectivity index (χ0v) is 9.35. The number of aldehydes is 1. The zero-order chi connectivity index (χ0) is 12.3. The van der Waals surface area contributed by atoms with E-state index in [2.05, 4.69) is 0 Å². The Morgan fingerprint density at radius 3 is 2.76 bits per heavy atom. The van der Waals surface area contributed by atoms with Crippen molar-refractivity contribution in [2.45, 2.75) is 0 Å². The number of nitro benzene ring substituents is 1. The maximum atomic E-state index is 10.6. The second-order valence-corrected chi connectivity index (χ2v) is 4.21. The molecule has 0 radical (unpaired) electrons. The number of carbonyl (C=O) groups is 1. The van der Waals surface area contributed by atoms with Gasteiger partial charge in [0, 0.05) is 6.07 Å². The molecule has 86 valence electrons. The van der Waals surface area contributed by atoms with Crippen LogP contribution in [0.4, 0.5) is 5.69 Å². The van der Waals surface area contributed by atoms with Gasteiger partial charge in [-0.15, -0.1) is 0 Å². The number of non-ortho nitro benzene ring substituents is 1.